The number of carboxylic acid groups (broad SMARTS) is 1. The zero-order chi connectivity index (χ0) is 11.0. The van der Waals surface area contributed by atoms with Gasteiger partial charge in [0.25, 0.3) is 0 Å². The van der Waals surface area contributed by atoms with Crippen LogP contribution in [-0.2, 0) is 14.3 Å². The van der Waals surface area contributed by atoms with E-state index in [0.717, 1.165) is 0 Å². The van der Waals surface area contributed by atoms with Gasteiger partial charge >= 0.3 is 12.1 Å². The van der Waals surface area contributed by atoms with E-state index in [-0.39, 0.29) is 13.2 Å². The van der Waals surface area contributed by atoms with Crippen molar-refractivity contribution >= 4 is 18.0 Å². The number of carbonyl (C=O) groups excluding carboxylic acids is 2. The molecule has 0 spiro atoms. The summed E-state index contributed by atoms with van der Waals surface area (Å²) in [7, 11) is 0. The lowest BCUT2D eigenvalue weighted by Gasteiger charge is -2.04. The normalized spacial score (nSPS) is 8.93. The first-order valence-corrected chi connectivity index (χ1v) is 3.95. The van der Waals surface area contributed by atoms with Gasteiger partial charge in [-0.15, -0.1) is 0 Å². The van der Waals surface area contributed by atoms with Crippen LogP contribution in [0, 0.1) is 0 Å². The first-order valence-electron chi connectivity index (χ1n) is 3.95. The highest BCUT2D eigenvalue weighted by Gasteiger charge is 2.06. The van der Waals surface area contributed by atoms with Crippen molar-refractivity contribution in [1.82, 2.24) is 10.6 Å². The highest BCUT2D eigenvalue weighted by molar-refractivity contribution is 5.84. The quantitative estimate of drug-likeness (QED) is 0.529. The number of carboxylic acids is 1. The van der Waals surface area contributed by atoms with Gasteiger partial charge in [0.2, 0.25) is 5.91 Å². The maximum Gasteiger partial charge on any atom is 0.407 e. The fourth-order valence-electron chi connectivity index (χ4n) is 0.571. The Bertz CT molecular complexity index is 228. The Morgan fingerprint density at radius 1 is 1.21 bits per heavy atom. The molecule has 7 heteroatoms. The summed E-state index contributed by atoms with van der Waals surface area (Å²) in [6, 6.07) is 0. The zero-order valence-electron chi connectivity index (χ0n) is 7.70. The van der Waals surface area contributed by atoms with Gasteiger partial charge in [0, 0.05) is 0 Å². The van der Waals surface area contributed by atoms with Crippen LogP contribution < -0.4 is 10.6 Å². The molecule has 0 unspecified atom stereocenters. The number of hydrogen-bond donors (Lipinski definition) is 3. The van der Waals surface area contributed by atoms with Gasteiger partial charge in [0.1, 0.15) is 13.1 Å². The molecule has 0 aromatic carbocycles. The molecule has 0 aliphatic rings. The number of aliphatic carboxylic acids is 1. The Kier molecular flexibility index (Phi) is 5.84. The Hall–Kier alpha value is -1.79. The fraction of sp³-hybridized carbons (Fsp3) is 0.571. The van der Waals surface area contributed by atoms with Gasteiger partial charge in [-0.1, -0.05) is 0 Å². The van der Waals surface area contributed by atoms with E-state index in [0.29, 0.717) is 0 Å². The lowest BCUT2D eigenvalue weighted by molar-refractivity contribution is -0.137. The van der Waals surface area contributed by atoms with E-state index in [4.69, 9.17) is 5.11 Å². The second-order valence-electron chi connectivity index (χ2n) is 2.24. The first-order chi connectivity index (χ1) is 6.56. The first kappa shape index (κ1) is 12.2. The summed E-state index contributed by atoms with van der Waals surface area (Å²) in [4.78, 5) is 31.5. The molecule has 0 aliphatic carbocycles. The molecular weight excluding hydrogens is 192 g/mol. The summed E-state index contributed by atoms with van der Waals surface area (Å²) in [5.41, 5.74) is 0. The van der Waals surface area contributed by atoms with Gasteiger partial charge in [-0.25, -0.2) is 4.79 Å². The molecule has 0 aromatic rings. The van der Waals surface area contributed by atoms with Gasteiger partial charge in [0.05, 0.1) is 6.61 Å². The van der Waals surface area contributed by atoms with Gasteiger partial charge in [0.15, 0.2) is 0 Å². The van der Waals surface area contributed by atoms with E-state index < -0.39 is 24.5 Å². The lowest BCUT2D eigenvalue weighted by Crippen LogP contribution is -2.39. The number of carbonyl (C=O) groups is 3. The third kappa shape index (κ3) is 6.89. The van der Waals surface area contributed by atoms with Gasteiger partial charge in [-0.05, 0) is 6.92 Å². The molecule has 0 fully saturated rings. The largest absolute Gasteiger partial charge is 0.480 e. The molecule has 0 heterocycles. The van der Waals surface area contributed by atoms with Crippen LogP contribution in [0.5, 0.6) is 0 Å². The molecule has 0 rings (SSSR count). The molecule has 0 saturated carbocycles. The molecule has 80 valence electrons. The van der Waals surface area contributed by atoms with Crippen molar-refractivity contribution in [1.29, 1.82) is 0 Å². The van der Waals surface area contributed by atoms with Crippen molar-refractivity contribution in [3.8, 4) is 0 Å². The minimum atomic E-state index is -1.14. The van der Waals surface area contributed by atoms with Crippen LogP contribution in [0.1, 0.15) is 6.92 Å². The van der Waals surface area contributed by atoms with Gasteiger partial charge < -0.3 is 20.5 Å². The van der Waals surface area contributed by atoms with Crippen LogP contribution in [0.2, 0.25) is 0 Å². The number of rotatable bonds is 5. The summed E-state index contributed by atoms with van der Waals surface area (Å²) in [5.74, 6) is -1.73. The van der Waals surface area contributed by atoms with Crippen molar-refractivity contribution in [3.05, 3.63) is 0 Å². The molecule has 2 amide bonds. The highest BCUT2D eigenvalue weighted by Crippen LogP contribution is 1.75. The third-order valence-electron chi connectivity index (χ3n) is 1.11. The standard InChI is InChI=1S/C7H12N2O5/c1-2-14-7(13)9-3-5(10)8-4-6(11)12/h2-4H2,1H3,(H,8,10)(H,9,13)(H,11,12). The highest BCUT2D eigenvalue weighted by atomic mass is 16.5. The monoisotopic (exact) mass is 204 g/mol. The maximum absolute atomic E-state index is 10.8. The Labute approximate surface area is 80.4 Å². The average molecular weight is 204 g/mol. The molecule has 14 heavy (non-hydrogen) atoms. The second kappa shape index (κ2) is 6.70. The van der Waals surface area contributed by atoms with Crippen LogP contribution in [0.3, 0.4) is 0 Å². The van der Waals surface area contributed by atoms with Crippen molar-refractivity contribution < 1.29 is 24.2 Å². The zero-order valence-corrected chi connectivity index (χ0v) is 7.70. The topological polar surface area (TPSA) is 105 Å². The van der Waals surface area contributed by atoms with E-state index in [2.05, 4.69) is 15.4 Å². The molecule has 0 aromatic heterocycles. The summed E-state index contributed by atoms with van der Waals surface area (Å²) < 4.78 is 4.47. The van der Waals surface area contributed by atoms with E-state index >= 15 is 0 Å². The van der Waals surface area contributed by atoms with Crippen LogP contribution >= 0.6 is 0 Å². The Morgan fingerprint density at radius 3 is 2.36 bits per heavy atom. The lowest BCUT2D eigenvalue weighted by atomic mass is 10.5. The number of ether oxygens (including phenoxy) is 1. The fourth-order valence-corrected chi connectivity index (χ4v) is 0.571. The third-order valence-corrected chi connectivity index (χ3v) is 1.11. The van der Waals surface area contributed by atoms with Crippen LogP contribution in [0.25, 0.3) is 0 Å². The number of alkyl carbamates (subject to hydrolysis) is 1. The molecule has 0 radical (unpaired) electrons. The Balaban J connectivity index is 3.53. The molecule has 0 aliphatic heterocycles. The van der Waals surface area contributed by atoms with Gasteiger partial charge in [-0.2, -0.15) is 0 Å². The van der Waals surface area contributed by atoms with Crippen LogP contribution in [0.4, 0.5) is 4.79 Å². The second-order valence-corrected chi connectivity index (χ2v) is 2.24. The smallest absolute Gasteiger partial charge is 0.407 e. The molecule has 3 N–H and O–H groups in total. The number of nitrogens with one attached hydrogen (secondary N) is 2. The van der Waals surface area contributed by atoms with E-state index in [9.17, 15) is 14.4 Å². The number of hydrogen-bond acceptors (Lipinski definition) is 4. The van der Waals surface area contributed by atoms with Crippen LogP contribution in [-0.4, -0.2) is 42.8 Å². The van der Waals surface area contributed by atoms with Crippen molar-refractivity contribution in [3.63, 3.8) is 0 Å². The molecule has 0 atom stereocenters. The van der Waals surface area contributed by atoms with E-state index in [1.54, 1.807) is 6.92 Å². The number of amides is 2. The molecule has 7 nitrogen and oxygen atoms in total. The van der Waals surface area contributed by atoms with Crippen molar-refractivity contribution in [2.75, 3.05) is 19.7 Å². The van der Waals surface area contributed by atoms with Gasteiger partial charge in [-0.3, -0.25) is 9.59 Å². The van der Waals surface area contributed by atoms with E-state index in [1.807, 2.05) is 0 Å². The minimum absolute atomic E-state index is 0.211. The SMILES string of the molecule is CCOC(=O)NCC(=O)NCC(=O)O. The summed E-state index contributed by atoms with van der Waals surface area (Å²) in [6.07, 6.45) is -0.710. The summed E-state index contributed by atoms with van der Waals surface area (Å²) in [6.45, 7) is 1.07. The van der Waals surface area contributed by atoms with Crippen LogP contribution in [0.15, 0.2) is 0 Å². The molecule has 0 bridgehead atoms. The minimum Gasteiger partial charge on any atom is -0.480 e. The summed E-state index contributed by atoms with van der Waals surface area (Å²) in [5, 5.41) is 12.4. The predicted octanol–water partition coefficient (Wildman–Crippen LogP) is -1.07. The van der Waals surface area contributed by atoms with E-state index in [1.165, 1.54) is 0 Å². The van der Waals surface area contributed by atoms with Crippen molar-refractivity contribution in [2.24, 2.45) is 0 Å². The Morgan fingerprint density at radius 2 is 1.86 bits per heavy atom. The summed E-state index contributed by atoms with van der Waals surface area (Å²) >= 11 is 0. The van der Waals surface area contributed by atoms with Crippen molar-refractivity contribution in [2.45, 2.75) is 6.92 Å². The molecular formula is C7H12N2O5. The predicted molar refractivity (Wildman–Crippen MR) is 45.7 cm³/mol. The maximum atomic E-state index is 10.8. The average Bonchev–Trinajstić information content (AvgIpc) is 2.12. The molecule has 0 saturated heterocycles.